The van der Waals surface area contributed by atoms with Gasteiger partial charge in [0.15, 0.2) is 0 Å². The summed E-state index contributed by atoms with van der Waals surface area (Å²) in [5.74, 6) is 0. The van der Waals surface area contributed by atoms with Gasteiger partial charge in [-0.25, -0.2) is 0 Å². The second kappa shape index (κ2) is 13.0. The van der Waals surface area contributed by atoms with Gasteiger partial charge in [-0.05, 0) is 98.4 Å². The Bertz CT molecular complexity index is 3120. The van der Waals surface area contributed by atoms with Gasteiger partial charge in [0.25, 0.3) is 0 Å². The molecule has 1 aromatic heterocycles. The molecule has 0 saturated heterocycles. The average Bonchev–Trinajstić information content (AvgIpc) is 3.74. The summed E-state index contributed by atoms with van der Waals surface area (Å²) in [5.41, 5.74) is 17.0. The molecule has 57 heavy (non-hydrogen) atoms. The predicted octanol–water partition coefficient (Wildman–Crippen LogP) is 15.0. The van der Waals surface area contributed by atoms with Gasteiger partial charge < -0.3 is 9.47 Å². The van der Waals surface area contributed by atoms with Crippen molar-refractivity contribution in [3.63, 3.8) is 0 Å². The highest BCUT2D eigenvalue weighted by Crippen LogP contribution is 2.53. The second-order valence-corrected chi connectivity index (χ2v) is 15.7. The molecule has 270 valence electrons. The van der Waals surface area contributed by atoms with Gasteiger partial charge in [0.05, 0.1) is 16.7 Å². The van der Waals surface area contributed by atoms with Gasteiger partial charge in [0.1, 0.15) is 0 Å². The lowest BCUT2D eigenvalue weighted by Gasteiger charge is -2.29. The first-order valence-electron chi connectivity index (χ1n) is 19.9. The maximum absolute atomic E-state index is 2.51. The van der Waals surface area contributed by atoms with Crippen LogP contribution in [0.25, 0.3) is 71.6 Å². The molecule has 0 N–H and O–H groups in total. The molecule has 0 amide bonds. The number of para-hydroxylation sites is 1. The van der Waals surface area contributed by atoms with E-state index in [-0.39, 0.29) is 5.41 Å². The summed E-state index contributed by atoms with van der Waals surface area (Å²) in [7, 11) is 0. The summed E-state index contributed by atoms with van der Waals surface area (Å²) >= 11 is 0. The van der Waals surface area contributed by atoms with Gasteiger partial charge in [0, 0.05) is 38.6 Å². The maximum Gasteiger partial charge on any atom is 0.0640 e. The first kappa shape index (κ1) is 33.2. The van der Waals surface area contributed by atoms with Crippen molar-refractivity contribution in [1.29, 1.82) is 0 Å². The Balaban J connectivity index is 1.27. The lowest BCUT2D eigenvalue weighted by Crippen LogP contribution is -2.16. The van der Waals surface area contributed by atoms with E-state index in [0.717, 1.165) is 22.7 Å². The van der Waals surface area contributed by atoms with Crippen LogP contribution < -0.4 is 4.90 Å². The molecule has 0 spiro atoms. The Morgan fingerprint density at radius 1 is 0.421 bits per heavy atom. The summed E-state index contributed by atoms with van der Waals surface area (Å²) in [6.45, 7) is 4.74. The number of anilines is 3. The van der Waals surface area contributed by atoms with E-state index in [1.54, 1.807) is 0 Å². The van der Waals surface area contributed by atoms with Crippen LogP contribution in [0, 0.1) is 0 Å². The molecule has 0 radical (unpaired) electrons. The fourth-order valence-corrected chi connectivity index (χ4v) is 9.47. The van der Waals surface area contributed by atoms with E-state index in [2.05, 4.69) is 230 Å². The summed E-state index contributed by atoms with van der Waals surface area (Å²) in [5, 5.41) is 4.88. The zero-order valence-corrected chi connectivity index (χ0v) is 32.0. The number of nitrogens with zero attached hydrogens (tertiary/aromatic N) is 2. The third kappa shape index (κ3) is 5.18. The minimum atomic E-state index is -0.146. The number of hydrogen-bond donors (Lipinski definition) is 0. The first-order chi connectivity index (χ1) is 28.1. The lowest BCUT2D eigenvalue weighted by molar-refractivity contribution is 0.660. The van der Waals surface area contributed by atoms with Crippen LogP contribution in [0.2, 0.25) is 0 Å². The largest absolute Gasteiger partial charge is 0.310 e. The van der Waals surface area contributed by atoms with Crippen molar-refractivity contribution < 1.29 is 0 Å². The van der Waals surface area contributed by atoms with Crippen LogP contribution in [0.1, 0.15) is 25.0 Å². The molecule has 0 saturated carbocycles. The molecule has 1 heterocycles. The number of fused-ring (bicyclic) bond motifs is 8. The van der Waals surface area contributed by atoms with Crippen molar-refractivity contribution in [3.05, 3.63) is 217 Å². The van der Waals surface area contributed by atoms with Gasteiger partial charge in [0.2, 0.25) is 0 Å². The predicted molar refractivity (Wildman–Crippen MR) is 241 cm³/mol. The molecule has 0 atom stereocenters. The van der Waals surface area contributed by atoms with Crippen LogP contribution in [0.15, 0.2) is 206 Å². The van der Waals surface area contributed by atoms with Crippen molar-refractivity contribution in [2.24, 2.45) is 0 Å². The quantitative estimate of drug-likeness (QED) is 0.165. The molecule has 0 unspecified atom stereocenters. The molecule has 2 nitrogen and oxygen atoms in total. The number of rotatable bonds is 6. The summed E-state index contributed by atoms with van der Waals surface area (Å²) in [6, 6.07) is 75.7. The first-order valence-corrected chi connectivity index (χ1v) is 19.9. The molecule has 1 aliphatic carbocycles. The van der Waals surface area contributed by atoms with Crippen molar-refractivity contribution >= 4 is 49.6 Å². The Kier molecular flexibility index (Phi) is 7.55. The van der Waals surface area contributed by atoms with Gasteiger partial charge in [-0.3, -0.25) is 0 Å². The number of benzene rings is 9. The molecule has 1 aliphatic rings. The van der Waals surface area contributed by atoms with E-state index in [1.165, 1.54) is 77.1 Å². The Hall–Kier alpha value is -7.16. The van der Waals surface area contributed by atoms with Crippen LogP contribution in [0.3, 0.4) is 0 Å². The molecule has 0 fully saturated rings. The molecular weight excluding hydrogens is 689 g/mol. The molecular formula is C55H40N2. The smallest absolute Gasteiger partial charge is 0.0640 e. The fourth-order valence-electron chi connectivity index (χ4n) is 9.47. The van der Waals surface area contributed by atoms with Crippen LogP contribution >= 0.6 is 0 Å². The van der Waals surface area contributed by atoms with Crippen molar-refractivity contribution in [1.82, 2.24) is 4.57 Å². The van der Waals surface area contributed by atoms with Crippen LogP contribution in [0.5, 0.6) is 0 Å². The fraction of sp³-hybridized carbons (Fsp3) is 0.0545. The third-order valence-electron chi connectivity index (χ3n) is 12.2. The van der Waals surface area contributed by atoms with E-state index in [1.807, 2.05) is 0 Å². The number of aromatic nitrogens is 1. The summed E-state index contributed by atoms with van der Waals surface area (Å²) in [6.07, 6.45) is 0. The van der Waals surface area contributed by atoms with E-state index in [4.69, 9.17) is 0 Å². The third-order valence-corrected chi connectivity index (χ3v) is 12.2. The van der Waals surface area contributed by atoms with Crippen LogP contribution in [-0.2, 0) is 5.41 Å². The maximum atomic E-state index is 2.51. The number of hydrogen-bond acceptors (Lipinski definition) is 1. The topological polar surface area (TPSA) is 8.17 Å². The molecule has 9 aromatic carbocycles. The van der Waals surface area contributed by atoms with E-state index >= 15 is 0 Å². The minimum Gasteiger partial charge on any atom is -0.310 e. The van der Waals surface area contributed by atoms with Crippen LogP contribution in [0.4, 0.5) is 17.1 Å². The Morgan fingerprint density at radius 2 is 1.02 bits per heavy atom. The summed E-state index contributed by atoms with van der Waals surface area (Å²) in [4.78, 5) is 2.51. The van der Waals surface area contributed by atoms with E-state index in [0.29, 0.717) is 0 Å². The van der Waals surface area contributed by atoms with Gasteiger partial charge in [-0.15, -0.1) is 0 Å². The SMILES string of the molecule is CC1(C)c2ccccc2-c2ccc(N(c3ccc(-c4ccccc4)cc3)c3cc4ccccc4c4c3c3c(-c5ccccc5)cccc3n4-c3ccccc3)cc21. The molecule has 0 aliphatic heterocycles. The zero-order valence-electron chi connectivity index (χ0n) is 32.0. The van der Waals surface area contributed by atoms with Gasteiger partial charge in [-0.2, -0.15) is 0 Å². The highest BCUT2D eigenvalue weighted by Gasteiger charge is 2.36. The van der Waals surface area contributed by atoms with Gasteiger partial charge >= 0.3 is 0 Å². The van der Waals surface area contributed by atoms with E-state index < -0.39 is 0 Å². The average molecular weight is 729 g/mol. The second-order valence-electron chi connectivity index (χ2n) is 15.7. The molecule has 2 heteroatoms. The molecule has 0 bridgehead atoms. The lowest BCUT2D eigenvalue weighted by atomic mass is 9.82. The van der Waals surface area contributed by atoms with Crippen molar-refractivity contribution in [2.45, 2.75) is 19.3 Å². The van der Waals surface area contributed by atoms with Gasteiger partial charge in [-0.1, -0.05) is 172 Å². The normalized spacial score (nSPS) is 12.9. The summed E-state index contributed by atoms with van der Waals surface area (Å²) < 4.78 is 2.49. The monoisotopic (exact) mass is 728 g/mol. The Labute approximate surface area is 333 Å². The molecule has 10 aromatic rings. The molecule has 11 rings (SSSR count). The van der Waals surface area contributed by atoms with Crippen molar-refractivity contribution in [3.8, 4) is 39.1 Å². The van der Waals surface area contributed by atoms with Crippen molar-refractivity contribution in [2.75, 3.05) is 4.90 Å². The minimum absolute atomic E-state index is 0.146. The van der Waals surface area contributed by atoms with E-state index in [9.17, 15) is 0 Å². The van der Waals surface area contributed by atoms with Crippen LogP contribution in [-0.4, -0.2) is 4.57 Å². The standard InChI is InChI=1S/C55H40N2/c1-55(2)48-27-15-14-25-46(48)47-34-33-43(36-49(47)55)56(42-31-29-38(30-32-42)37-17-6-3-7-18-37)51-35-40-21-12-13-24-45(40)54-53(51)52-44(39-19-8-4-9-20-39)26-16-28-50(52)57(54)41-22-10-5-11-23-41/h3-36H,1-2H3. The zero-order chi connectivity index (χ0) is 38.1. The Morgan fingerprint density at radius 3 is 1.79 bits per heavy atom. The highest BCUT2D eigenvalue weighted by molar-refractivity contribution is 6.27. The highest BCUT2D eigenvalue weighted by atomic mass is 15.1.